The van der Waals surface area contributed by atoms with Crippen LogP contribution in [0, 0.1) is 0 Å². The zero-order valence-corrected chi connectivity index (χ0v) is 11.3. The van der Waals surface area contributed by atoms with Crippen molar-refractivity contribution in [1.29, 1.82) is 0 Å². The van der Waals surface area contributed by atoms with Gasteiger partial charge in [-0.25, -0.2) is 0 Å². The number of rotatable bonds is 5. The first-order valence-electron chi connectivity index (χ1n) is 5.63. The van der Waals surface area contributed by atoms with Crippen molar-refractivity contribution in [3.05, 3.63) is 34.9 Å². The Morgan fingerprint density at radius 1 is 1.29 bits per heavy atom. The van der Waals surface area contributed by atoms with Gasteiger partial charge in [-0.2, -0.15) is 0 Å². The lowest BCUT2D eigenvalue weighted by Crippen LogP contribution is -2.47. The first-order valence-corrected chi connectivity index (χ1v) is 6.01. The lowest BCUT2D eigenvalue weighted by Gasteiger charge is -2.26. The fraction of sp³-hybridized carbons (Fsp3) is 0.462. The molecule has 0 bridgehead atoms. The maximum Gasteiger partial charge on any atom is 0.234 e. The molecule has 0 aliphatic rings. The molecule has 0 aliphatic heterocycles. The van der Waals surface area contributed by atoms with Crippen LogP contribution in [0.1, 0.15) is 19.4 Å². The molecular formula is C13H19ClN2O. The van der Waals surface area contributed by atoms with Crippen LogP contribution in [0.5, 0.6) is 0 Å². The molecule has 2 N–H and O–H groups in total. The van der Waals surface area contributed by atoms with Gasteiger partial charge < -0.3 is 10.6 Å². The van der Waals surface area contributed by atoms with Gasteiger partial charge in [0.15, 0.2) is 0 Å². The van der Waals surface area contributed by atoms with E-state index in [-0.39, 0.29) is 11.4 Å². The summed E-state index contributed by atoms with van der Waals surface area (Å²) in [5.41, 5.74) is 0.894. The van der Waals surface area contributed by atoms with E-state index >= 15 is 0 Å². The van der Waals surface area contributed by atoms with Gasteiger partial charge in [0.1, 0.15) is 0 Å². The van der Waals surface area contributed by atoms with Crippen LogP contribution in [-0.4, -0.2) is 25.0 Å². The zero-order valence-electron chi connectivity index (χ0n) is 10.5. The number of halogens is 1. The number of carbonyl (C=O) groups is 1. The third-order valence-electron chi connectivity index (χ3n) is 2.37. The maximum absolute atomic E-state index is 11.5. The summed E-state index contributed by atoms with van der Waals surface area (Å²) >= 11 is 5.83. The second-order valence-corrected chi connectivity index (χ2v) is 5.20. The number of likely N-dealkylation sites (N-methyl/N-ethyl adjacent to an activating group) is 1. The third-order valence-corrected chi connectivity index (χ3v) is 2.63. The molecule has 1 aromatic rings. The average molecular weight is 255 g/mol. The van der Waals surface area contributed by atoms with Gasteiger partial charge in [-0.3, -0.25) is 4.79 Å². The molecule has 0 unspecified atom stereocenters. The Hall–Kier alpha value is -1.06. The van der Waals surface area contributed by atoms with E-state index in [1.54, 1.807) is 7.05 Å². The van der Waals surface area contributed by atoms with E-state index in [4.69, 9.17) is 11.6 Å². The number of benzene rings is 1. The van der Waals surface area contributed by atoms with E-state index < -0.39 is 0 Å². The molecule has 1 amide bonds. The van der Waals surface area contributed by atoms with Crippen molar-refractivity contribution in [2.75, 3.05) is 13.6 Å². The fourth-order valence-corrected chi connectivity index (χ4v) is 1.86. The highest BCUT2D eigenvalue weighted by atomic mass is 35.5. The molecule has 4 heteroatoms. The molecular weight excluding hydrogens is 236 g/mol. The Morgan fingerprint density at radius 3 is 2.41 bits per heavy atom. The van der Waals surface area contributed by atoms with Gasteiger partial charge in [-0.05, 0) is 45.0 Å². The number of hydrogen-bond acceptors (Lipinski definition) is 2. The van der Waals surface area contributed by atoms with Crippen molar-refractivity contribution in [3.8, 4) is 0 Å². The molecule has 0 spiro atoms. The number of nitrogens with one attached hydrogen (secondary N) is 2. The molecule has 0 aromatic heterocycles. The summed E-state index contributed by atoms with van der Waals surface area (Å²) in [5.74, 6) is 0.00598. The van der Waals surface area contributed by atoms with Crippen molar-refractivity contribution in [2.45, 2.75) is 25.8 Å². The van der Waals surface area contributed by atoms with Crippen molar-refractivity contribution >= 4 is 17.5 Å². The van der Waals surface area contributed by atoms with Crippen LogP contribution in [0.15, 0.2) is 24.3 Å². The van der Waals surface area contributed by atoms with Crippen LogP contribution >= 0.6 is 11.6 Å². The monoisotopic (exact) mass is 254 g/mol. The van der Waals surface area contributed by atoms with Crippen molar-refractivity contribution in [1.82, 2.24) is 10.6 Å². The summed E-state index contributed by atoms with van der Waals surface area (Å²) < 4.78 is 0. The first kappa shape index (κ1) is 14.0. The molecule has 0 saturated heterocycles. The smallest absolute Gasteiger partial charge is 0.234 e. The van der Waals surface area contributed by atoms with E-state index in [0.29, 0.717) is 6.54 Å². The number of carbonyl (C=O) groups excluding carboxylic acids is 1. The average Bonchev–Trinajstić information content (AvgIpc) is 2.20. The lowest BCUT2D eigenvalue weighted by molar-refractivity contribution is -0.121. The highest BCUT2D eigenvalue weighted by Gasteiger charge is 2.20. The maximum atomic E-state index is 11.5. The minimum atomic E-state index is -0.262. The van der Waals surface area contributed by atoms with E-state index in [1.165, 1.54) is 0 Å². The molecule has 1 aromatic carbocycles. The van der Waals surface area contributed by atoms with Crippen molar-refractivity contribution < 1.29 is 4.79 Å². The molecule has 0 fully saturated rings. The Labute approximate surface area is 108 Å². The lowest BCUT2D eigenvalue weighted by atomic mass is 9.95. The van der Waals surface area contributed by atoms with Crippen LogP contribution in [-0.2, 0) is 11.2 Å². The van der Waals surface area contributed by atoms with E-state index in [1.807, 2.05) is 38.1 Å². The summed E-state index contributed by atoms with van der Waals surface area (Å²) in [4.78, 5) is 11.5. The topological polar surface area (TPSA) is 41.1 Å². The second kappa shape index (κ2) is 6.03. The number of amides is 1. The van der Waals surface area contributed by atoms with Crippen LogP contribution in [0.25, 0.3) is 0 Å². The van der Waals surface area contributed by atoms with E-state index in [0.717, 1.165) is 17.0 Å². The Kier molecular flexibility index (Phi) is 4.97. The van der Waals surface area contributed by atoms with Gasteiger partial charge in [-0.15, -0.1) is 0 Å². The van der Waals surface area contributed by atoms with Gasteiger partial charge in [0, 0.05) is 10.6 Å². The minimum absolute atomic E-state index is 0.00598. The Morgan fingerprint density at radius 2 is 1.88 bits per heavy atom. The molecule has 0 atom stereocenters. The Balaban J connectivity index is 2.59. The fourth-order valence-electron chi connectivity index (χ4n) is 1.74. The molecule has 0 radical (unpaired) electrons. The predicted octanol–water partition coefficient (Wildman–Crippen LogP) is 2.00. The molecule has 0 heterocycles. The quantitative estimate of drug-likeness (QED) is 0.844. The van der Waals surface area contributed by atoms with Gasteiger partial charge in [-0.1, -0.05) is 23.7 Å². The highest BCUT2D eigenvalue weighted by molar-refractivity contribution is 6.30. The normalized spacial score (nSPS) is 11.3. The Bertz CT molecular complexity index is 374. The number of hydrogen-bond donors (Lipinski definition) is 2. The predicted molar refractivity (Wildman–Crippen MR) is 71.3 cm³/mol. The van der Waals surface area contributed by atoms with Crippen LogP contribution in [0.2, 0.25) is 5.02 Å². The summed E-state index contributed by atoms with van der Waals surface area (Å²) in [6.45, 7) is 4.36. The molecule has 0 saturated carbocycles. The standard InChI is InChI=1S/C13H19ClN2O/c1-13(2,16-12(17)9-15-3)8-10-4-6-11(14)7-5-10/h4-7,15H,8-9H2,1-3H3,(H,16,17). The first-order chi connectivity index (χ1) is 7.93. The largest absolute Gasteiger partial charge is 0.350 e. The molecule has 17 heavy (non-hydrogen) atoms. The second-order valence-electron chi connectivity index (χ2n) is 4.77. The molecule has 0 aliphatic carbocycles. The van der Waals surface area contributed by atoms with Crippen LogP contribution in [0.4, 0.5) is 0 Å². The summed E-state index contributed by atoms with van der Waals surface area (Å²) in [6, 6.07) is 7.69. The van der Waals surface area contributed by atoms with Crippen molar-refractivity contribution in [3.63, 3.8) is 0 Å². The van der Waals surface area contributed by atoms with Crippen LogP contribution < -0.4 is 10.6 Å². The minimum Gasteiger partial charge on any atom is -0.350 e. The molecule has 1 rings (SSSR count). The molecule has 3 nitrogen and oxygen atoms in total. The van der Waals surface area contributed by atoms with Gasteiger partial charge >= 0.3 is 0 Å². The summed E-state index contributed by atoms with van der Waals surface area (Å²) in [7, 11) is 1.76. The molecule has 94 valence electrons. The highest BCUT2D eigenvalue weighted by Crippen LogP contribution is 2.15. The SMILES string of the molecule is CNCC(=O)NC(C)(C)Cc1ccc(Cl)cc1. The summed E-state index contributed by atoms with van der Waals surface area (Å²) in [6.07, 6.45) is 0.777. The van der Waals surface area contributed by atoms with Crippen molar-refractivity contribution in [2.24, 2.45) is 0 Å². The van der Waals surface area contributed by atoms with Gasteiger partial charge in [0.25, 0.3) is 0 Å². The summed E-state index contributed by atoms with van der Waals surface area (Å²) in [5, 5.41) is 6.55. The third kappa shape index (κ3) is 5.20. The van der Waals surface area contributed by atoms with Crippen LogP contribution in [0.3, 0.4) is 0 Å². The van der Waals surface area contributed by atoms with E-state index in [9.17, 15) is 4.79 Å². The van der Waals surface area contributed by atoms with Gasteiger partial charge in [0.05, 0.1) is 6.54 Å². The van der Waals surface area contributed by atoms with E-state index in [2.05, 4.69) is 10.6 Å². The van der Waals surface area contributed by atoms with Gasteiger partial charge in [0.2, 0.25) is 5.91 Å². The zero-order chi connectivity index (χ0) is 12.9.